The van der Waals surface area contributed by atoms with Gasteiger partial charge >= 0.3 is 11.8 Å². The minimum Gasteiger partial charge on any atom is -0.467 e. The third-order valence-electron chi connectivity index (χ3n) is 2.98. The quantitative estimate of drug-likeness (QED) is 0.428. The maximum absolute atomic E-state index is 11.7. The van der Waals surface area contributed by atoms with E-state index in [0.717, 1.165) is 10.5 Å². The fourth-order valence-corrected chi connectivity index (χ4v) is 2.57. The van der Waals surface area contributed by atoms with Crippen molar-refractivity contribution in [2.24, 2.45) is 0 Å². The second-order valence-corrected chi connectivity index (χ2v) is 5.84. The number of hydrogen-bond donors (Lipinski definition) is 3. The van der Waals surface area contributed by atoms with Gasteiger partial charge in [-0.15, -0.1) is 11.8 Å². The second-order valence-electron chi connectivity index (χ2n) is 4.82. The number of hydrazine groups is 1. The molecule has 8 heteroatoms. The van der Waals surface area contributed by atoms with E-state index in [1.54, 1.807) is 12.1 Å². The van der Waals surface area contributed by atoms with Gasteiger partial charge in [0.05, 0.1) is 18.6 Å². The van der Waals surface area contributed by atoms with Gasteiger partial charge in [0.1, 0.15) is 5.76 Å². The molecule has 2 aromatic rings. The average molecular weight is 347 g/mol. The summed E-state index contributed by atoms with van der Waals surface area (Å²) in [5.41, 5.74) is 5.34. The lowest BCUT2D eigenvalue weighted by Gasteiger charge is -2.08. The summed E-state index contributed by atoms with van der Waals surface area (Å²) in [7, 11) is 0. The van der Waals surface area contributed by atoms with Gasteiger partial charge in [-0.2, -0.15) is 0 Å². The molecule has 2 rings (SSSR count). The Hall–Kier alpha value is -2.74. The van der Waals surface area contributed by atoms with Gasteiger partial charge in [-0.05, 0) is 30.7 Å². The fraction of sp³-hybridized carbons (Fsp3) is 0.188. The summed E-state index contributed by atoms with van der Waals surface area (Å²) in [6, 6.07) is 11.0. The molecule has 0 saturated carbocycles. The molecule has 0 unspecified atom stereocenters. The highest BCUT2D eigenvalue weighted by Crippen LogP contribution is 2.21. The van der Waals surface area contributed by atoms with Crippen LogP contribution >= 0.6 is 11.8 Å². The molecule has 0 aliphatic heterocycles. The number of nitrogens with one attached hydrogen (secondary N) is 3. The zero-order chi connectivity index (χ0) is 17.4. The summed E-state index contributed by atoms with van der Waals surface area (Å²) in [5.74, 6) is -1.57. The zero-order valence-corrected chi connectivity index (χ0v) is 13.8. The number of aryl methyl sites for hydroxylation is 1. The average Bonchev–Trinajstić information content (AvgIpc) is 3.10. The van der Waals surface area contributed by atoms with Crippen LogP contribution in [0.15, 0.2) is 52.0 Å². The zero-order valence-electron chi connectivity index (χ0n) is 13.0. The Morgan fingerprint density at radius 3 is 2.54 bits per heavy atom. The molecule has 1 heterocycles. The van der Waals surface area contributed by atoms with Crippen molar-refractivity contribution in [1.82, 2.24) is 16.2 Å². The number of carbonyl (C=O) groups is 3. The van der Waals surface area contributed by atoms with Crippen LogP contribution in [-0.4, -0.2) is 23.5 Å². The molecule has 0 saturated heterocycles. The van der Waals surface area contributed by atoms with Gasteiger partial charge in [0.25, 0.3) is 0 Å². The van der Waals surface area contributed by atoms with Crippen molar-refractivity contribution in [1.29, 1.82) is 0 Å². The van der Waals surface area contributed by atoms with Gasteiger partial charge in [0.2, 0.25) is 5.91 Å². The Morgan fingerprint density at radius 2 is 1.83 bits per heavy atom. The monoisotopic (exact) mass is 347 g/mol. The molecule has 0 fully saturated rings. The highest BCUT2D eigenvalue weighted by molar-refractivity contribution is 8.00. The molecule has 0 bridgehead atoms. The minimum absolute atomic E-state index is 0.0936. The number of furan rings is 1. The van der Waals surface area contributed by atoms with Crippen LogP contribution in [0.4, 0.5) is 0 Å². The highest BCUT2D eigenvalue weighted by Gasteiger charge is 2.14. The van der Waals surface area contributed by atoms with Gasteiger partial charge in [-0.1, -0.05) is 18.2 Å². The lowest BCUT2D eigenvalue weighted by Crippen LogP contribution is -2.48. The molecule has 126 valence electrons. The first-order valence-corrected chi connectivity index (χ1v) is 8.12. The van der Waals surface area contributed by atoms with Gasteiger partial charge in [0.15, 0.2) is 0 Å². The SMILES string of the molecule is Cc1ccccc1SCC(=O)NNC(=O)C(=O)NCc1ccco1. The van der Waals surface area contributed by atoms with Crippen LogP contribution in [0.2, 0.25) is 0 Å². The molecule has 0 radical (unpaired) electrons. The van der Waals surface area contributed by atoms with Gasteiger partial charge in [-0.3, -0.25) is 25.2 Å². The normalized spacial score (nSPS) is 10.0. The van der Waals surface area contributed by atoms with Gasteiger partial charge in [-0.25, -0.2) is 0 Å². The first kappa shape index (κ1) is 17.6. The van der Waals surface area contributed by atoms with Crippen molar-refractivity contribution in [3.63, 3.8) is 0 Å². The molecular weight excluding hydrogens is 330 g/mol. The maximum atomic E-state index is 11.7. The molecule has 0 aliphatic carbocycles. The van der Waals surface area contributed by atoms with E-state index in [-0.39, 0.29) is 12.3 Å². The minimum atomic E-state index is -0.948. The molecule has 0 aliphatic rings. The van der Waals surface area contributed by atoms with Crippen molar-refractivity contribution in [3.8, 4) is 0 Å². The number of rotatable bonds is 5. The first-order chi connectivity index (χ1) is 11.6. The number of thioether (sulfide) groups is 1. The van der Waals surface area contributed by atoms with Crippen LogP contribution in [0.3, 0.4) is 0 Å². The van der Waals surface area contributed by atoms with Crippen molar-refractivity contribution in [2.45, 2.75) is 18.4 Å². The van der Waals surface area contributed by atoms with Crippen LogP contribution in [0.25, 0.3) is 0 Å². The number of amides is 3. The fourth-order valence-electron chi connectivity index (χ4n) is 1.74. The molecule has 1 aromatic heterocycles. The number of benzene rings is 1. The smallest absolute Gasteiger partial charge is 0.327 e. The summed E-state index contributed by atoms with van der Waals surface area (Å²) in [4.78, 5) is 35.8. The molecule has 7 nitrogen and oxygen atoms in total. The summed E-state index contributed by atoms with van der Waals surface area (Å²) < 4.78 is 5.03. The predicted octanol–water partition coefficient (Wildman–Crippen LogP) is 1.14. The van der Waals surface area contributed by atoms with Crippen molar-refractivity contribution in [2.75, 3.05) is 5.75 Å². The van der Waals surface area contributed by atoms with Crippen LogP contribution in [0, 0.1) is 6.92 Å². The van der Waals surface area contributed by atoms with Crippen molar-refractivity contribution < 1.29 is 18.8 Å². The number of hydrogen-bond acceptors (Lipinski definition) is 5. The lowest BCUT2D eigenvalue weighted by atomic mass is 10.2. The van der Waals surface area contributed by atoms with E-state index < -0.39 is 17.7 Å². The van der Waals surface area contributed by atoms with Crippen LogP contribution in [0.5, 0.6) is 0 Å². The lowest BCUT2D eigenvalue weighted by molar-refractivity contribution is -0.140. The van der Waals surface area contributed by atoms with Gasteiger partial charge < -0.3 is 9.73 Å². The van der Waals surface area contributed by atoms with E-state index in [1.807, 2.05) is 31.2 Å². The highest BCUT2D eigenvalue weighted by atomic mass is 32.2. The van der Waals surface area contributed by atoms with E-state index in [2.05, 4.69) is 16.2 Å². The Labute approximate surface area is 143 Å². The third-order valence-corrected chi connectivity index (χ3v) is 4.15. The Balaban J connectivity index is 1.68. The number of carbonyl (C=O) groups excluding carboxylic acids is 3. The van der Waals surface area contributed by atoms with E-state index in [9.17, 15) is 14.4 Å². The molecule has 24 heavy (non-hydrogen) atoms. The van der Waals surface area contributed by atoms with E-state index in [1.165, 1.54) is 18.0 Å². The summed E-state index contributed by atoms with van der Waals surface area (Å²) in [6.07, 6.45) is 1.47. The third kappa shape index (κ3) is 5.47. The van der Waals surface area contributed by atoms with E-state index in [4.69, 9.17) is 4.42 Å². The summed E-state index contributed by atoms with van der Waals surface area (Å²) in [6.45, 7) is 2.04. The molecule has 3 amide bonds. The maximum Gasteiger partial charge on any atom is 0.327 e. The summed E-state index contributed by atoms with van der Waals surface area (Å²) >= 11 is 1.35. The van der Waals surface area contributed by atoms with Crippen LogP contribution < -0.4 is 16.2 Å². The largest absolute Gasteiger partial charge is 0.467 e. The first-order valence-electron chi connectivity index (χ1n) is 7.14. The topological polar surface area (TPSA) is 100 Å². The van der Waals surface area contributed by atoms with Crippen molar-refractivity contribution in [3.05, 3.63) is 54.0 Å². The van der Waals surface area contributed by atoms with Gasteiger partial charge in [0, 0.05) is 4.90 Å². The van der Waals surface area contributed by atoms with E-state index >= 15 is 0 Å². The molecule has 3 N–H and O–H groups in total. The Morgan fingerprint density at radius 1 is 1.04 bits per heavy atom. The Bertz CT molecular complexity index is 716. The summed E-state index contributed by atoms with van der Waals surface area (Å²) in [5, 5.41) is 2.37. The van der Waals surface area contributed by atoms with Crippen molar-refractivity contribution >= 4 is 29.5 Å². The Kier molecular flexibility index (Phi) is 6.44. The van der Waals surface area contributed by atoms with Crippen LogP contribution in [0.1, 0.15) is 11.3 Å². The van der Waals surface area contributed by atoms with E-state index in [0.29, 0.717) is 5.76 Å². The standard InChI is InChI=1S/C16H17N3O4S/c1-11-5-2-3-7-13(11)24-10-14(20)18-19-16(22)15(21)17-9-12-6-4-8-23-12/h2-8H,9-10H2,1H3,(H,17,21)(H,18,20)(H,19,22). The predicted molar refractivity (Wildman–Crippen MR) is 88.7 cm³/mol. The molecule has 0 spiro atoms. The molecular formula is C16H17N3O4S. The second kappa shape index (κ2) is 8.78. The molecule has 0 atom stereocenters. The molecule has 1 aromatic carbocycles. The van der Waals surface area contributed by atoms with Crippen LogP contribution in [-0.2, 0) is 20.9 Å².